The fourth-order valence-electron chi connectivity index (χ4n) is 4.68. The predicted molar refractivity (Wildman–Crippen MR) is 147 cm³/mol. The zero-order chi connectivity index (χ0) is 26.9. The van der Waals surface area contributed by atoms with Gasteiger partial charge in [-0.05, 0) is 66.4 Å². The molecule has 9 heteroatoms. The lowest BCUT2D eigenvalue weighted by Gasteiger charge is -2.34. The van der Waals surface area contributed by atoms with Gasteiger partial charge in [0.1, 0.15) is 6.33 Å². The maximum Gasteiger partial charge on any atom is 0.265 e. The molecule has 1 atom stereocenters. The molecule has 1 aliphatic heterocycles. The molecular formula is C29H30N4O4S. The lowest BCUT2D eigenvalue weighted by Crippen LogP contribution is -2.50. The lowest BCUT2D eigenvalue weighted by molar-refractivity contribution is 0.0698. The summed E-state index contributed by atoms with van der Waals surface area (Å²) < 4.78 is 29.2. The monoisotopic (exact) mass is 530 g/mol. The molecular weight excluding hydrogens is 500 g/mol. The van der Waals surface area contributed by atoms with E-state index in [1.165, 1.54) is 15.2 Å². The number of para-hydroxylation sites is 1. The van der Waals surface area contributed by atoms with Crippen LogP contribution >= 0.6 is 0 Å². The van der Waals surface area contributed by atoms with E-state index in [2.05, 4.69) is 18.8 Å². The van der Waals surface area contributed by atoms with Crippen molar-refractivity contribution in [1.29, 1.82) is 0 Å². The summed E-state index contributed by atoms with van der Waals surface area (Å²) >= 11 is 0. The first kappa shape index (κ1) is 25.8. The molecule has 0 radical (unpaired) electrons. The van der Waals surface area contributed by atoms with E-state index in [1.54, 1.807) is 59.5 Å². The Bertz CT molecular complexity index is 1620. The molecule has 4 aromatic rings. The van der Waals surface area contributed by atoms with Crippen LogP contribution in [0.1, 0.15) is 42.1 Å². The topological polar surface area (TPSA) is 92.6 Å². The number of carbonyl (C=O) groups excluding carboxylic acids is 1. The highest BCUT2D eigenvalue weighted by molar-refractivity contribution is 7.89. The Hall–Kier alpha value is -3.82. The van der Waals surface area contributed by atoms with Crippen LogP contribution in [0.15, 0.2) is 88.8 Å². The van der Waals surface area contributed by atoms with Crippen molar-refractivity contribution in [2.75, 3.05) is 26.2 Å². The molecule has 1 fully saturated rings. The molecule has 1 saturated heterocycles. The van der Waals surface area contributed by atoms with Crippen molar-refractivity contribution < 1.29 is 13.2 Å². The lowest BCUT2D eigenvalue weighted by atomic mass is 9.99. The number of benzene rings is 3. The number of carbonyl (C=O) groups is 1. The molecule has 0 saturated carbocycles. The number of amides is 1. The van der Waals surface area contributed by atoms with Crippen molar-refractivity contribution in [2.24, 2.45) is 0 Å². The smallest absolute Gasteiger partial charge is 0.265 e. The predicted octanol–water partition coefficient (Wildman–Crippen LogP) is 4.05. The fraction of sp³-hybridized carbons (Fsp3) is 0.276. The summed E-state index contributed by atoms with van der Waals surface area (Å²) in [6, 6.07) is 21.1. The van der Waals surface area contributed by atoms with Gasteiger partial charge in [0, 0.05) is 31.7 Å². The number of piperazine rings is 1. The Kier molecular flexibility index (Phi) is 7.14. The van der Waals surface area contributed by atoms with Crippen LogP contribution in [0.4, 0.5) is 0 Å². The second kappa shape index (κ2) is 10.5. The number of sulfonamides is 1. The molecule has 0 aliphatic carbocycles. The SMILES string of the molecule is CCC(C)c1ccc(S(=O)(=O)N2CCN(C(=O)c3ccc(-n4cnc5ccccc5c4=O)cc3)CC2)cc1. The molecule has 5 rings (SSSR count). The zero-order valence-corrected chi connectivity index (χ0v) is 22.3. The van der Waals surface area contributed by atoms with E-state index in [0.717, 1.165) is 12.0 Å². The van der Waals surface area contributed by atoms with Crippen LogP contribution in [0.2, 0.25) is 0 Å². The maximum atomic E-state index is 13.2. The van der Waals surface area contributed by atoms with Gasteiger partial charge in [-0.1, -0.05) is 38.1 Å². The van der Waals surface area contributed by atoms with Gasteiger partial charge in [0.25, 0.3) is 11.5 Å². The Balaban J connectivity index is 1.25. The van der Waals surface area contributed by atoms with Gasteiger partial charge in [-0.3, -0.25) is 14.2 Å². The quantitative estimate of drug-likeness (QED) is 0.375. The highest BCUT2D eigenvalue weighted by Gasteiger charge is 2.30. The van der Waals surface area contributed by atoms with Crippen molar-refractivity contribution >= 4 is 26.8 Å². The number of nitrogens with zero attached hydrogens (tertiary/aromatic N) is 4. The fourth-order valence-corrected chi connectivity index (χ4v) is 6.11. The molecule has 1 amide bonds. The first-order chi connectivity index (χ1) is 18.3. The van der Waals surface area contributed by atoms with Gasteiger partial charge in [-0.2, -0.15) is 4.31 Å². The summed E-state index contributed by atoms with van der Waals surface area (Å²) in [4.78, 5) is 32.3. The molecule has 0 spiro atoms. The van der Waals surface area contributed by atoms with Crippen LogP contribution in [0.3, 0.4) is 0 Å². The minimum absolute atomic E-state index is 0.171. The normalized spacial score (nSPS) is 15.5. The molecule has 0 bridgehead atoms. The minimum Gasteiger partial charge on any atom is -0.336 e. The van der Waals surface area contributed by atoms with E-state index in [-0.39, 0.29) is 29.5 Å². The largest absolute Gasteiger partial charge is 0.336 e. The van der Waals surface area contributed by atoms with Crippen LogP contribution < -0.4 is 5.56 Å². The summed E-state index contributed by atoms with van der Waals surface area (Å²) in [5.41, 5.74) is 2.66. The Morgan fingerprint density at radius 3 is 2.24 bits per heavy atom. The first-order valence-corrected chi connectivity index (χ1v) is 14.2. The average Bonchev–Trinajstić information content (AvgIpc) is 2.97. The molecule has 0 N–H and O–H groups in total. The Labute approximate surface area is 222 Å². The number of hydrogen-bond donors (Lipinski definition) is 0. The van der Waals surface area contributed by atoms with Crippen molar-refractivity contribution in [3.05, 3.63) is 101 Å². The highest BCUT2D eigenvalue weighted by atomic mass is 32.2. The summed E-state index contributed by atoms with van der Waals surface area (Å²) in [6.45, 7) is 5.30. The Morgan fingerprint density at radius 1 is 0.921 bits per heavy atom. The second-order valence-electron chi connectivity index (χ2n) is 9.56. The van der Waals surface area contributed by atoms with Crippen LogP contribution in [-0.4, -0.2) is 59.3 Å². The van der Waals surface area contributed by atoms with Gasteiger partial charge in [-0.25, -0.2) is 13.4 Å². The molecule has 196 valence electrons. The number of aromatic nitrogens is 2. The standard InChI is InChI=1S/C29H30N4O4S/c1-3-21(2)22-10-14-25(15-11-22)38(36,37)32-18-16-31(17-19-32)28(34)23-8-12-24(13-9-23)33-20-30-27-7-5-4-6-26(27)29(33)35/h4-15,20-21H,3,16-19H2,1-2H3. The third-order valence-electron chi connectivity index (χ3n) is 7.28. The molecule has 1 aromatic heterocycles. The van der Waals surface area contributed by atoms with E-state index in [0.29, 0.717) is 41.2 Å². The first-order valence-electron chi connectivity index (χ1n) is 12.8. The van der Waals surface area contributed by atoms with E-state index < -0.39 is 10.0 Å². The number of rotatable bonds is 6. The molecule has 1 unspecified atom stereocenters. The summed E-state index contributed by atoms with van der Waals surface area (Å²) in [7, 11) is -3.62. The molecule has 1 aliphatic rings. The summed E-state index contributed by atoms with van der Waals surface area (Å²) in [5.74, 6) is 0.205. The van der Waals surface area contributed by atoms with Crippen LogP contribution in [-0.2, 0) is 10.0 Å². The van der Waals surface area contributed by atoms with Crippen LogP contribution in [0, 0.1) is 0 Å². The van der Waals surface area contributed by atoms with Gasteiger partial charge in [0.05, 0.1) is 21.5 Å². The van der Waals surface area contributed by atoms with Crippen molar-refractivity contribution in [1.82, 2.24) is 18.8 Å². The van der Waals surface area contributed by atoms with Crippen molar-refractivity contribution in [3.63, 3.8) is 0 Å². The zero-order valence-electron chi connectivity index (χ0n) is 21.4. The van der Waals surface area contributed by atoms with E-state index in [9.17, 15) is 18.0 Å². The molecule has 38 heavy (non-hydrogen) atoms. The second-order valence-corrected chi connectivity index (χ2v) is 11.5. The van der Waals surface area contributed by atoms with E-state index >= 15 is 0 Å². The van der Waals surface area contributed by atoms with E-state index in [1.807, 2.05) is 18.2 Å². The van der Waals surface area contributed by atoms with Gasteiger partial charge in [0.2, 0.25) is 10.0 Å². The van der Waals surface area contributed by atoms with Gasteiger partial charge >= 0.3 is 0 Å². The minimum atomic E-state index is -3.62. The van der Waals surface area contributed by atoms with Crippen LogP contribution in [0.25, 0.3) is 16.6 Å². The maximum absolute atomic E-state index is 13.2. The highest BCUT2D eigenvalue weighted by Crippen LogP contribution is 2.23. The van der Waals surface area contributed by atoms with Gasteiger partial charge < -0.3 is 4.90 Å². The van der Waals surface area contributed by atoms with Crippen molar-refractivity contribution in [2.45, 2.75) is 31.1 Å². The van der Waals surface area contributed by atoms with Gasteiger partial charge in [-0.15, -0.1) is 0 Å². The average molecular weight is 531 g/mol. The third-order valence-corrected chi connectivity index (χ3v) is 9.20. The number of hydrogen-bond acceptors (Lipinski definition) is 5. The molecule has 3 aromatic carbocycles. The Morgan fingerprint density at radius 2 is 1.58 bits per heavy atom. The molecule has 8 nitrogen and oxygen atoms in total. The van der Waals surface area contributed by atoms with Gasteiger partial charge in [0.15, 0.2) is 0 Å². The number of fused-ring (bicyclic) bond motifs is 1. The van der Waals surface area contributed by atoms with E-state index in [4.69, 9.17) is 0 Å². The van der Waals surface area contributed by atoms with Crippen molar-refractivity contribution in [3.8, 4) is 5.69 Å². The summed E-state index contributed by atoms with van der Waals surface area (Å²) in [5, 5.41) is 0.523. The third kappa shape index (κ3) is 4.87. The van der Waals surface area contributed by atoms with Crippen LogP contribution in [0.5, 0.6) is 0 Å². The molecule has 2 heterocycles. The summed E-state index contributed by atoms with van der Waals surface area (Å²) in [6.07, 6.45) is 2.48.